The van der Waals surface area contributed by atoms with Gasteiger partial charge in [-0.05, 0) is 46.2 Å². The van der Waals surface area contributed by atoms with Crippen molar-refractivity contribution in [1.82, 2.24) is 26.6 Å². The van der Waals surface area contributed by atoms with E-state index in [2.05, 4.69) is 26.6 Å². The number of carboxylic acid groups (broad SMARTS) is 1. The maximum absolute atomic E-state index is 14.7. The van der Waals surface area contributed by atoms with Gasteiger partial charge in [-0.3, -0.25) is 24.0 Å². The summed E-state index contributed by atoms with van der Waals surface area (Å²) in [5.41, 5.74) is 7.72. The van der Waals surface area contributed by atoms with Gasteiger partial charge in [-0.15, -0.1) is 0 Å². The van der Waals surface area contributed by atoms with E-state index in [1.54, 1.807) is 6.92 Å². The van der Waals surface area contributed by atoms with Gasteiger partial charge in [-0.2, -0.15) is 0 Å². The SMILES string of the molecule is CC[C@H](C)[C@H](N)C(=O)N[C@@H](C)C(=O)N[C@@H](CC(=O)NC(c1ccccc1)(c1ccccc1)c1ccccc1)C(=O)N[C@@H](CC(=O)NC(c1ccccc1)(c1ccccc1)c1ccccc1)C(=O)O. The number of hydrogen-bond acceptors (Lipinski definition) is 7. The Hall–Kier alpha value is -7.90. The zero-order valence-corrected chi connectivity index (χ0v) is 38.3. The van der Waals surface area contributed by atoms with Crippen molar-refractivity contribution < 1.29 is 33.9 Å². The van der Waals surface area contributed by atoms with Crippen LogP contribution in [-0.4, -0.2) is 64.8 Å². The van der Waals surface area contributed by atoms with Gasteiger partial charge in [0.1, 0.15) is 29.2 Å². The summed E-state index contributed by atoms with van der Waals surface area (Å²) in [6.45, 7) is 5.09. The van der Waals surface area contributed by atoms with Crippen molar-refractivity contribution >= 4 is 35.5 Å². The molecule has 0 aromatic heterocycles. The lowest BCUT2D eigenvalue weighted by atomic mass is 9.77. The minimum absolute atomic E-state index is 0.199. The summed E-state index contributed by atoms with van der Waals surface area (Å²) in [7, 11) is 0. The Bertz CT molecular complexity index is 2430. The number of nitrogens with one attached hydrogen (secondary N) is 5. The number of rotatable bonds is 21. The average molecular weight is 915 g/mol. The number of benzene rings is 6. The summed E-state index contributed by atoms with van der Waals surface area (Å²) in [5.74, 6) is -5.65. The molecular weight excluding hydrogens is 857 g/mol. The van der Waals surface area contributed by atoms with Gasteiger partial charge in [0.25, 0.3) is 0 Å². The fourth-order valence-corrected chi connectivity index (χ4v) is 8.32. The summed E-state index contributed by atoms with van der Waals surface area (Å²) in [6, 6.07) is 49.8. The van der Waals surface area contributed by atoms with Gasteiger partial charge in [-0.1, -0.05) is 202 Å². The zero-order valence-electron chi connectivity index (χ0n) is 38.3. The molecule has 0 unspecified atom stereocenters. The fraction of sp³-hybridized carbons (Fsp3) is 0.236. The lowest BCUT2D eigenvalue weighted by Crippen LogP contribution is -2.59. The number of hydrogen-bond donors (Lipinski definition) is 7. The van der Waals surface area contributed by atoms with Crippen molar-refractivity contribution in [2.45, 2.75) is 75.3 Å². The van der Waals surface area contributed by atoms with E-state index in [1.165, 1.54) is 6.92 Å². The summed E-state index contributed by atoms with van der Waals surface area (Å²) in [6.07, 6.45) is -0.810. The maximum atomic E-state index is 14.7. The molecule has 5 atom stereocenters. The molecule has 0 aliphatic carbocycles. The van der Waals surface area contributed by atoms with Gasteiger partial charge in [0.15, 0.2) is 0 Å². The van der Waals surface area contributed by atoms with Gasteiger partial charge in [0.05, 0.1) is 18.9 Å². The van der Waals surface area contributed by atoms with E-state index in [4.69, 9.17) is 5.73 Å². The van der Waals surface area contributed by atoms with Crippen LogP contribution in [0.25, 0.3) is 0 Å². The molecular formula is C55H58N6O7. The third-order valence-electron chi connectivity index (χ3n) is 12.2. The fourth-order valence-electron chi connectivity index (χ4n) is 8.32. The van der Waals surface area contributed by atoms with Gasteiger partial charge < -0.3 is 37.4 Å². The lowest BCUT2D eigenvalue weighted by Gasteiger charge is -2.37. The minimum atomic E-state index is -1.83. The molecule has 68 heavy (non-hydrogen) atoms. The molecule has 6 aromatic carbocycles. The molecule has 0 saturated carbocycles. The molecule has 0 aliphatic rings. The Morgan fingerprint density at radius 1 is 0.456 bits per heavy atom. The molecule has 0 bridgehead atoms. The first kappa shape index (κ1) is 49.5. The van der Waals surface area contributed by atoms with Gasteiger partial charge in [-0.25, -0.2) is 4.79 Å². The molecule has 0 aliphatic heterocycles. The quantitative estimate of drug-likeness (QED) is 0.0431. The molecule has 13 heteroatoms. The third kappa shape index (κ3) is 11.5. The van der Waals surface area contributed by atoms with E-state index in [1.807, 2.05) is 189 Å². The summed E-state index contributed by atoms with van der Waals surface area (Å²) < 4.78 is 0. The summed E-state index contributed by atoms with van der Waals surface area (Å²) >= 11 is 0. The molecule has 8 N–H and O–H groups in total. The standard InChI is InChI=1S/C55H58N6O7/c1-4-37(2)49(56)52(66)57-38(3)50(64)58-45(35-47(62)60-54(39-23-11-5-12-24-39,40-25-13-6-14-26-40)41-27-15-7-16-28-41)51(65)59-46(53(67)68)36-48(63)61-55(42-29-17-8-18-30-42,43-31-19-9-20-32-43)44-33-21-10-22-34-44/h5-34,37-38,45-46,49H,4,35-36,56H2,1-3H3,(H,57,66)(H,58,64)(H,59,65)(H,60,62)(H,61,63)(H,67,68)/t37-,38-,45-,46-,49-/m0/s1. The summed E-state index contributed by atoms with van der Waals surface area (Å²) in [4.78, 5) is 83.5. The molecule has 0 saturated heterocycles. The number of nitrogens with two attached hydrogens (primary N) is 1. The van der Waals surface area contributed by atoms with E-state index in [-0.39, 0.29) is 5.92 Å². The van der Waals surface area contributed by atoms with Crippen LogP contribution in [0.4, 0.5) is 0 Å². The molecule has 0 heterocycles. The van der Waals surface area contributed by atoms with Crippen molar-refractivity contribution in [2.24, 2.45) is 11.7 Å². The van der Waals surface area contributed by atoms with Gasteiger partial charge in [0, 0.05) is 0 Å². The highest BCUT2D eigenvalue weighted by Gasteiger charge is 2.41. The van der Waals surface area contributed by atoms with Crippen molar-refractivity contribution in [3.8, 4) is 0 Å². The van der Waals surface area contributed by atoms with E-state index in [0.717, 1.165) is 0 Å². The highest BCUT2D eigenvalue weighted by molar-refractivity contribution is 5.97. The molecule has 13 nitrogen and oxygen atoms in total. The highest BCUT2D eigenvalue weighted by atomic mass is 16.4. The van der Waals surface area contributed by atoms with Crippen molar-refractivity contribution in [3.63, 3.8) is 0 Å². The molecule has 0 spiro atoms. The average Bonchev–Trinajstić information content (AvgIpc) is 3.37. The van der Waals surface area contributed by atoms with Crippen LogP contribution in [0, 0.1) is 5.92 Å². The normalized spacial score (nSPS) is 13.6. The summed E-state index contributed by atoms with van der Waals surface area (Å²) in [5, 5.41) is 24.5. The Balaban J connectivity index is 1.33. The first-order valence-electron chi connectivity index (χ1n) is 22.6. The van der Waals surface area contributed by atoms with Crippen molar-refractivity contribution in [2.75, 3.05) is 0 Å². The van der Waals surface area contributed by atoms with Crippen LogP contribution >= 0.6 is 0 Å². The van der Waals surface area contributed by atoms with Crippen molar-refractivity contribution in [3.05, 3.63) is 215 Å². The van der Waals surface area contributed by atoms with E-state index >= 15 is 0 Å². The van der Waals surface area contributed by atoms with Crippen LogP contribution in [0.3, 0.4) is 0 Å². The van der Waals surface area contributed by atoms with Crippen LogP contribution in [0.1, 0.15) is 73.4 Å². The lowest BCUT2D eigenvalue weighted by molar-refractivity contribution is -0.144. The zero-order chi connectivity index (χ0) is 48.7. The Kier molecular flexibility index (Phi) is 16.8. The molecule has 350 valence electrons. The maximum Gasteiger partial charge on any atom is 0.326 e. The monoisotopic (exact) mass is 914 g/mol. The van der Waals surface area contributed by atoms with E-state index in [9.17, 15) is 33.9 Å². The predicted octanol–water partition coefficient (Wildman–Crippen LogP) is 5.92. The smallest absolute Gasteiger partial charge is 0.326 e. The minimum Gasteiger partial charge on any atom is -0.480 e. The third-order valence-corrected chi connectivity index (χ3v) is 12.2. The highest BCUT2D eigenvalue weighted by Crippen LogP contribution is 2.38. The first-order chi connectivity index (χ1) is 32.8. The Morgan fingerprint density at radius 2 is 0.750 bits per heavy atom. The number of carboxylic acids is 1. The second-order valence-electron chi connectivity index (χ2n) is 16.8. The van der Waals surface area contributed by atoms with Crippen molar-refractivity contribution in [1.29, 1.82) is 0 Å². The Labute approximate surface area is 397 Å². The van der Waals surface area contributed by atoms with Gasteiger partial charge in [0.2, 0.25) is 29.5 Å². The second-order valence-corrected chi connectivity index (χ2v) is 16.8. The van der Waals surface area contributed by atoms with Crippen LogP contribution in [0.2, 0.25) is 0 Å². The van der Waals surface area contributed by atoms with E-state index < -0.39 is 83.6 Å². The molecule has 6 aromatic rings. The first-order valence-corrected chi connectivity index (χ1v) is 22.6. The van der Waals surface area contributed by atoms with E-state index in [0.29, 0.717) is 39.8 Å². The Morgan fingerprint density at radius 3 is 1.04 bits per heavy atom. The number of carbonyl (C=O) groups excluding carboxylic acids is 5. The predicted molar refractivity (Wildman–Crippen MR) is 260 cm³/mol. The number of aliphatic carboxylic acids is 1. The van der Waals surface area contributed by atoms with Crippen LogP contribution in [-0.2, 0) is 39.8 Å². The topological polar surface area (TPSA) is 209 Å². The van der Waals surface area contributed by atoms with Crippen LogP contribution < -0.4 is 32.3 Å². The van der Waals surface area contributed by atoms with Gasteiger partial charge >= 0.3 is 5.97 Å². The number of amides is 5. The molecule has 0 fully saturated rings. The molecule has 6 rings (SSSR count). The van der Waals surface area contributed by atoms with Crippen LogP contribution in [0.5, 0.6) is 0 Å². The van der Waals surface area contributed by atoms with Crippen LogP contribution in [0.15, 0.2) is 182 Å². The molecule has 5 amide bonds. The number of carbonyl (C=O) groups is 6. The molecule has 0 radical (unpaired) electrons. The second kappa shape index (κ2) is 23.0. The largest absolute Gasteiger partial charge is 0.480 e.